The normalized spacial score (nSPS) is 16.5. The van der Waals surface area contributed by atoms with Gasteiger partial charge in [0.05, 0.1) is 33.3 Å². The minimum Gasteiger partial charge on any atom is -0.497 e. The molecule has 0 amide bonds. The zero-order valence-corrected chi connectivity index (χ0v) is 17.1. The Balaban J connectivity index is 1.89. The highest BCUT2D eigenvalue weighted by Gasteiger charge is 2.25. The van der Waals surface area contributed by atoms with E-state index in [9.17, 15) is 4.79 Å². The van der Waals surface area contributed by atoms with E-state index < -0.39 is 0 Å². The summed E-state index contributed by atoms with van der Waals surface area (Å²) in [6.45, 7) is 0. The first-order chi connectivity index (χ1) is 13.6. The predicted molar refractivity (Wildman–Crippen MR) is 113 cm³/mol. The third-order valence-electron chi connectivity index (χ3n) is 4.40. The van der Waals surface area contributed by atoms with Gasteiger partial charge in [-0.05, 0) is 36.4 Å². The summed E-state index contributed by atoms with van der Waals surface area (Å²) in [6.07, 6.45) is 3.73. The number of ether oxygens (including phenoxy) is 4. The van der Waals surface area contributed by atoms with Crippen LogP contribution < -0.4 is 18.9 Å². The number of Topliss-reactive ketones (excluding diaryl/α,β-unsaturated/α-hetero) is 1. The van der Waals surface area contributed by atoms with Crippen LogP contribution in [0.3, 0.4) is 0 Å². The van der Waals surface area contributed by atoms with Crippen molar-refractivity contribution in [3.63, 3.8) is 0 Å². The van der Waals surface area contributed by atoms with Gasteiger partial charge in [0.2, 0.25) is 0 Å². The van der Waals surface area contributed by atoms with Crippen LogP contribution in [0, 0.1) is 0 Å². The maximum absolute atomic E-state index is 12.9. The summed E-state index contributed by atoms with van der Waals surface area (Å²) in [6, 6.07) is 11.1. The van der Waals surface area contributed by atoms with Gasteiger partial charge < -0.3 is 18.9 Å². The molecule has 0 spiro atoms. The van der Waals surface area contributed by atoms with Crippen LogP contribution in [0.1, 0.15) is 11.1 Å². The number of carbonyl (C=O) groups is 1. The minimum absolute atomic E-state index is 0.0146. The molecule has 1 aliphatic rings. The molecule has 3 rings (SSSR count). The van der Waals surface area contributed by atoms with Crippen molar-refractivity contribution >= 4 is 29.7 Å². The molecule has 5 nitrogen and oxygen atoms in total. The molecule has 1 saturated heterocycles. The Morgan fingerprint density at radius 2 is 1.32 bits per heavy atom. The summed E-state index contributed by atoms with van der Waals surface area (Å²) in [7, 11) is 6.41. The van der Waals surface area contributed by atoms with Gasteiger partial charge in [-0.3, -0.25) is 4.79 Å². The van der Waals surface area contributed by atoms with Gasteiger partial charge in [-0.15, -0.1) is 11.8 Å². The Labute approximate surface area is 168 Å². The van der Waals surface area contributed by atoms with E-state index in [1.54, 1.807) is 40.6 Å². The molecule has 0 unspecified atom stereocenters. The second-order valence-electron chi connectivity index (χ2n) is 6.01. The van der Waals surface area contributed by atoms with Crippen molar-refractivity contribution in [1.29, 1.82) is 0 Å². The van der Waals surface area contributed by atoms with Crippen LogP contribution in [0.5, 0.6) is 23.0 Å². The highest BCUT2D eigenvalue weighted by molar-refractivity contribution is 8.05. The van der Waals surface area contributed by atoms with Crippen LogP contribution in [0.15, 0.2) is 46.9 Å². The second kappa shape index (κ2) is 8.89. The molecule has 0 N–H and O–H groups in total. The van der Waals surface area contributed by atoms with Crippen LogP contribution >= 0.6 is 11.8 Å². The number of benzene rings is 2. The highest BCUT2D eigenvalue weighted by Crippen LogP contribution is 2.37. The van der Waals surface area contributed by atoms with E-state index in [4.69, 9.17) is 18.9 Å². The van der Waals surface area contributed by atoms with Crippen LogP contribution in [0.2, 0.25) is 0 Å². The van der Waals surface area contributed by atoms with Crippen molar-refractivity contribution in [2.75, 3.05) is 34.2 Å². The Bertz CT molecular complexity index is 870. The van der Waals surface area contributed by atoms with Crippen molar-refractivity contribution in [2.24, 2.45) is 0 Å². The molecular formula is C22H22O5S. The monoisotopic (exact) mass is 398 g/mol. The fourth-order valence-corrected chi connectivity index (χ4v) is 3.86. The molecule has 1 heterocycles. The first kappa shape index (κ1) is 19.9. The number of ketones is 1. The lowest BCUT2D eigenvalue weighted by Crippen LogP contribution is -1.98. The number of hydrogen-bond acceptors (Lipinski definition) is 6. The molecule has 6 heteroatoms. The molecule has 1 fully saturated rings. The molecule has 0 bridgehead atoms. The Morgan fingerprint density at radius 3 is 1.82 bits per heavy atom. The minimum atomic E-state index is 0.0146. The number of methoxy groups -OCH3 is 4. The van der Waals surface area contributed by atoms with E-state index >= 15 is 0 Å². The average molecular weight is 398 g/mol. The third-order valence-corrected chi connectivity index (χ3v) is 5.47. The maximum atomic E-state index is 12.9. The Hall–Kier alpha value is -2.86. The number of carbonyl (C=O) groups excluding carboxylic acids is 1. The molecule has 1 aliphatic heterocycles. The summed E-state index contributed by atoms with van der Waals surface area (Å²) >= 11 is 1.51. The van der Waals surface area contributed by atoms with E-state index in [1.165, 1.54) is 11.8 Å². The van der Waals surface area contributed by atoms with Gasteiger partial charge in [0.25, 0.3) is 0 Å². The van der Waals surface area contributed by atoms with Crippen molar-refractivity contribution in [3.05, 3.63) is 58.0 Å². The first-order valence-corrected chi connectivity index (χ1v) is 9.62. The third kappa shape index (κ3) is 4.17. The maximum Gasteiger partial charge on any atom is 0.196 e. The lowest BCUT2D eigenvalue weighted by Gasteiger charge is -2.08. The van der Waals surface area contributed by atoms with Gasteiger partial charge in [0.1, 0.15) is 23.0 Å². The molecule has 0 saturated carbocycles. The molecule has 0 atom stereocenters. The molecule has 2 aromatic rings. The highest BCUT2D eigenvalue weighted by atomic mass is 32.2. The molecular weight excluding hydrogens is 376 g/mol. The molecule has 146 valence electrons. The largest absolute Gasteiger partial charge is 0.497 e. The quantitative estimate of drug-likeness (QED) is 0.670. The second-order valence-corrected chi connectivity index (χ2v) is 7.03. The van der Waals surface area contributed by atoms with Gasteiger partial charge in [-0.2, -0.15) is 0 Å². The van der Waals surface area contributed by atoms with Gasteiger partial charge >= 0.3 is 0 Å². The van der Waals surface area contributed by atoms with Gasteiger partial charge in [0.15, 0.2) is 5.78 Å². The lowest BCUT2D eigenvalue weighted by atomic mass is 10.1. The summed E-state index contributed by atoms with van der Waals surface area (Å²) in [5.41, 5.74) is 2.41. The van der Waals surface area contributed by atoms with E-state index in [-0.39, 0.29) is 5.78 Å². The summed E-state index contributed by atoms with van der Waals surface area (Å²) in [5.74, 6) is 3.36. The molecule has 0 aliphatic carbocycles. The van der Waals surface area contributed by atoms with Gasteiger partial charge in [0, 0.05) is 34.6 Å². The molecule has 28 heavy (non-hydrogen) atoms. The van der Waals surface area contributed by atoms with Crippen molar-refractivity contribution in [3.8, 4) is 23.0 Å². The fourth-order valence-electron chi connectivity index (χ4n) is 2.86. The number of hydrogen-bond donors (Lipinski definition) is 0. The first-order valence-electron chi connectivity index (χ1n) is 8.63. The number of rotatable bonds is 6. The van der Waals surface area contributed by atoms with Gasteiger partial charge in [-0.25, -0.2) is 0 Å². The zero-order valence-electron chi connectivity index (χ0n) is 16.3. The van der Waals surface area contributed by atoms with Crippen molar-refractivity contribution in [1.82, 2.24) is 0 Å². The molecule has 2 aromatic carbocycles. The van der Waals surface area contributed by atoms with E-state index in [1.807, 2.05) is 36.4 Å². The van der Waals surface area contributed by atoms with E-state index in [0.717, 1.165) is 16.7 Å². The van der Waals surface area contributed by atoms with Crippen molar-refractivity contribution in [2.45, 2.75) is 0 Å². The topological polar surface area (TPSA) is 54.0 Å². The van der Waals surface area contributed by atoms with Crippen LogP contribution in [-0.4, -0.2) is 40.0 Å². The molecule has 0 radical (unpaired) electrons. The smallest absolute Gasteiger partial charge is 0.196 e. The van der Waals surface area contributed by atoms with Crippen LogP contribution in [0.25, 0.3) is 12.2 Å². The molecule has 0 aromatic heterocycles. The van der Waals surface area contributed by atoms with Crippen LogP contribution in [-0.2, 0) is 4.79 Å². The predicted octanol–water partition coefficient (Wildman–Crippen LogP) is 4.46. The summed E-state index contributed by atoms with van der Waals surface area (Å²) in [4.78, 5) is 13.6. The number of allylic oxidation sites excluding steroid dienone is 1. The lowest BCUT2D eigenvalue weighted by molar-refractivity contribution is -0.111. The summed E-state index contributed by atoms with van der Waals surface area (Å²) < 4.78 is 21.3. The zero-order chi connectivity index (χ0) is 20.1. The summed E-state index contributed by atoms with van der Waals surface area (Å²) in [5, 5.41) is 0. The van der Waals surface area contributed by atoms with Crippen LogP contribution in [0.4, 0.5) is 0 Å². The average Bonchev–Trinajstić information content (AvgIpc) is 3.07. The van der Waals surface area contributed by atoms with Gasteiger partial charge in [-0.1, -0.05) is 0 Å². The van der Waals surface area contributed by atoms with E-state index in [2.05, 4.69) is 0 Å². The SMILES string of the molecule is COc1ccc(/C=C2\CS/C(=C\c3ccc(OC)cc3OC)C2=O)c(OC)c1. The Kier molecular flexibility index (Phi) is 6.31. The Morgan fingerprint density at radius 1 is 0.786 bits per heavy atom. The van der Waals surface area contributed by atoms with Crippen molar-refractivity contribution < 1.29 is 23.7 Å². The fraction of sp³-hybridized carbons (Fsp3) is 0.227. The van der Waals surface area contributed by atoms with E-state index in [0.29, 0.717) is 33.7 Å². The standard InChI is InChI=1S/C22H22O5S/c1-24-17-7-5-14(19(11-17)26-3)9-16-13-28-21(22(16)23)10-15-6-8-18(25-2)12-20(15)27-4/h5-12H,13H2,1-4H3/b16-9+,21-10-. The number of thioether (sulfide) groups is 1.